The smallest absolute Gasteiger partial charge is 0.334 e. The number of amides is 3. The summed E-state index contributed by atoms with van der Waals surface area (Å²) >= 11 is 0. The summed E-state index contributed by atoms with van der Waals surface area (Å²) in [6.07, 6.45) is -2.65. The average Bonchev–Trinajstić information content (AvgIpc) is 3.47. The van der Waals surface area contributed by atoms with Crippen molar-refractivity contribution in [3.63, 3.8) is 0 Å². The molecular formula is C20H20F3N3O2. The molecule has 1 saturated carbocycles. The Morgan fingerprint density at radius 1 is 1.07 bits per heavy atom. The fraction of sp³-hybridized carbons (Fsp3) is 0.300. The van der Waals surface area contributed by atoms with Gasteiger partial charge in [0.1, 0.15) is 0 Å². The van der Waals surface area contributed by atoms with E-state index in [9.17, 15) is 22.8 Å². The van der Waals surface area contributed by atoms with E-state index >= 15 is 0 Å². The molecule has 5 nitrogen and oxygen atoms in total. The van der Waals surface area contributed by atoms with E-state index in [-0.39, 0.29) is 18.4 Å². The Balaban J connectivity index is 1.59. The zero-order valence-corrected chi connectivity index (χ0v) is 15.2. The van der Waals surface area contributed by atoms with E-state index in [0.29, 0.717) is 16.9 Å². The summed E-state index contributed by atoms with van der Waals surface area (Å²) in [7, 11) is 0. The van der Waals surface area contributed by atoms with Gasteiger partial charge in [-0.3, -0.25) is 4.79 Å². The molecular weight excluding hydrogens is 371 g/mol. The van der Waals surface area contributed by atoms with Crippen molar-refractivity contribution in [1.82, 2.24) is 5.32 Å². The second-order valence-corrected chi connectivity index (χ2v) is 6.80. The fourth-order valence-corrected chi connectivity index (χ4v) is 2.63. The average molecular weight is 391 g/mol. The van der Waals surface area contributed by atoms with Crippen molar-refractivity contribution >= 4 is 23.3 Å². The number of urea groups is 1. The lowest BCUT2D eigenvalue weighted by atomic mass is 10.1. The third-order valence-corrected chi connectivity index (χ3v) is 4.41. The third kappa shape index (κ3) is 5.25. The predicted molar refractivity (Wildman–Crippen MR) is 99.8 cm³/mol. The van der Waals surface area contributed by atoms with Crippen LogP contribution in [0.25, 0.3) is 0 Å². The lowest BCUT2D eigenvalue weighted by Gasteiger charge is -2.13. The largest absolute Gasteiger partial charge is 0.416 e. The maximum absolute atomic E-state index is 12.8. The summed E-state index contributed by atoms with van der Waals surface area (Å²) in [4.78, 5) is 24.0. The second-order valence-electron chi connectivity index (χ2n) is 6.80. The molecule has 3 rings (SSSR count). The minimum atomic E-state index is -4.43. The van der Waals surface area contributed by atoms with Crippen molar-refractivity contribution in [2.75, 3.05) is 10.6 Å². The van der Waals surface area contributed by atoms with Gasteiger partial charge in [0.25, 0.3) is 0 Å². The molecule has 3 N–H and O–H groups in total. The molecule has 148 valence electrons. The van der Waals surface area contributed by atoms with Crippen LogP contribution in [0.15, 0.2) is 42.5 Å². The van der Waals surface area contributed by atoms with Gasteiger partial charge in [-0.25, -0.2) is 4.79 Å². The summed E-state index contributed by atoms with van der Waals surface area (Å²) in [6.45, 7) is 1.75. The van der Waals surface area contributed by atoms with E-state index < -0.39 is 17.8 Å². The highest BCUT2D eigenvalue weighted by atomic mass is 19.4. The molecule has 0 unspecified atom stereocenters. The van der Waals surface area contributed by atoms with Gasteiger partial charge in [0, 0.05) is 23.8 Å². The molecule has 1 fully saturated rings. The molecule has 1 aliphatic rings. The van der Waals surface area contributed by atoms with Crippen molar-refractivity contribution in [2.45, 2.75) is 32.5 Å². The number of benzene rings is 2. The number of alkyl halides is 3. The van der Waals surface area contributed by atoms with E-state index in [0.717, 1.165) is 30.5 Å². The monoisotopic (exact) mass is 391 g/mol. The van der Waals surface area contributed by atoms with Gasteiger partial charge < -0.3 is 16.0 Å². The SMILES string of the molecule is Cc1ccc(NC(=O)C2CC2)cc1NC(=O)NCc1cccc(C(F)(F)F)c1. The Morgan fingerprint density at radius 2 is 1.82 bits per heavy atom. The summed E-state index contributed by atoms with van der Waals surface area (Å²) in [5.74, 6) is 0.0253. The molecule has 8 heteroatoms. The molecule has 28 heavy (non-hydrogen) atoms. The Bertz CT molecular complexity index is 893. The molecule has 0 spiro atoms. The molecule has 0 aliphatic heterocycles. The molecule has 3 amide bonds. The van der Waals surface area contributed by atoms with Crippen LogP contribution in [0.5, 0.6) is 0 Å². The normalized spacial score (nSPS) is 13.7. The van der Waals surface area contributed by atoms with Crippen LogP contribution in [0, 0.1) is 12.8 Å². The van der Waals surface area contributed by atoms with Crippen LogP contribution < -0.4 is 16.0 Å². The Morgan fingerprint density at radius 3 is 2.50 bits per heavy atom. The van der Waals surface area contributed by atoms with Crippen LogP contribution in [-0.4, -0.2) is 11.9 Å². The minimum absolute atomic E-state index is 0.0381. The maximum atomic E-state index is 12.8. The molecule has 0 atom stereocenters. The Kier molecular flexibility index (Phi) is 5.58. The maximum Gasteiger partial charge on any atom is 0.416 e. The number of nitrogens with one attached hydrogen (secondary N) is 3. The van der Waals surface area contributed by atoms with Crippen molar-refractivity contribution < 1.29 is 22.8 Å². The number of anilines is 2. The molecule has 1 aliphatic carbocycles. The summed E-state index contributed by atoms with van der Waals surface area (Å²) in [5.41, 5.74) is 1.46. The molecule has 0 bridgehead atoms. The highest BCUT2D eigenvalue weighted by Crippen LogP contribution is 2.31. The lowest BCUT2D eigenvalue weighted by molar-refractivity contribution is -0.137. The van der Waals surface area contributed by atoms with Gasteiger partial charge in [0.2, 0.25) is 5.91 Å². The highest BCUT2D eigenvalue weighted by Gasteiger charge is 2.30. The standard InChI is InChI=1S/C20H20F3N3O2/c1-12-5-8-16(25-18(27)14-6-7-14)10-17(12)26-19(28)24-11-13-3-2-4-15(9-13)20(21,22)23/h2-5,8-10,14H,6-7,11H2,1H3,(H,25,27)(H2,24,26,28). The van der Waals surface area contributed by atoms with Gasteiger partial charge in [-0.2, -0.15) is 13.2 Å². The molecule has 0 heterocycles. The highest BCUT2D eigenvalue weighted by molar-refractivity contribution is 5.96. The number of carbonyl (C=O) groups excluding carboxylic acids is 2. The molecule has 0 saturated heterocycles. The molecule has 0 radical (unpaired) electrons. The van der Waals surface area contributed by atoms with Crippen LogP contribution >= 0.6 is 0 Å². The quantitative estimate of drug-likeness (QED) is 0.692. The van der Waals surface area contributed by atoms with E-state index in [1.165, 1.54) is 12.1 Å². The fourth-order valence-electron chi connectivity index (χ4n) is 2.63. The Hall–Kier alpha value is -3.03. The number of rotatable bonds is 5. The van der Waals surface area contributed by atoms with Gasteiger partial charge >= 0.3 is 12.2 Å². The zero-order chi connectivity index (χ0) is 20.3. The number of halogens is 3. The zero-order valence-electron chi connectivity index (χ0n) is 15.2. The van der Waals surface area contributed by atoms with E-state index in [1.54, 1.807) is 25.1 Å². The summed E-state index contributed by atoms with van der Waals surface area (Å²) in [6, 6.07) is 9.41. The number of aryl methyl sites for hydroxylation is 1. The first kappa shape index (κ1) is 19.7. The van der Waals surface area contributed by atoms with E-state index in [4.69, 9.17) is 0 Å². The van der Waals surface area contributed by atoms with Crippen molar-refractivity contribution in [3.05, 3.63) is 59.2 Å². The van der Waals surface area contributed by atoms with Crippen LogP contribution in [0.2, 0.25) is 0 Å². The lowest BCUT2D eigenvalue weighted by Crippen LogP contribution is -2.28. The Labute approximate surface area is 160 Å². The molecule has 0 aromatic heterocycles. The van der Waals surface area contributed by atoms with Crippen LogP contribution in [-0.2, 0) is 17.5 Å². The van der Waals surface area contributed by atoms with Crippen molar-refractivity contribution in [3.8, 4) is 0 Å². The number of hydrogen-bond acceptors (Lipinski definition) is 2. The first-order valence-electron chi connectivity index (χ1n) is 8.85. The first-order valence-corrected chi connectivity index (χ1v) is 8.85. The van der Waals surface area contributed by atoms with E-state index in [2.05, 4.69) is 16.0 Å². The number of carbonyl (C=O) groups is 2. The van der Waals surface area contributed by atoms with Gasteiger partial charge in [-0.1, -0.05) is 18.2 Å². The van der Waals surface area contributed by atoms with Gasteiger partial charge in [-0.05, 0) is 55.2 Å². The molecule has 2 aromatic rings. The number of hydrogen-bond donors (Lipinski definition) is 3. The van der Waals surface area contributed by atoms with Crippen molar-refractivity contribution in [1.29, 1.82) is 0 Å². The van der Waals surface area contributed by atoms with E-state index in [1.807, 2.05) is 0 Å². The van der Waals surface area contributed by atoms with Gasteiger partial charge in [-0.15, -0.1) is 0 Å². The third-order valence-electron chi connectivity index (χ3n) is 4.41. The minimum Gasteiger partial charge on any atom is -0.334 e. The summed E-state index contributed by atoms with van der Waals surface area (Å²) in [5, 5.41) is 8.00. The van der Waals surface area contributed by atoms with Gasteiger partial charge in [0.15, 0.2) is 0 Å². The molecule has 2 aromatic carbocycles. The van der Waals surface area contributed by atoms with Crippen LogP contribution in [0.1, 0.15) is 29.5 Å². The van der Waals surface area contributed by atoms with Crippen LogP contribution in [0.4, 0.5) is 29.3 Å². The predicted octanol–water partition coefficient (Wildman–Crippen LogP) is 4.68. The van der Waals surface area contributed by atoms with Crippen molar-refractivity contribution in [2.24, 2.45) is 5.92 Å². The topological polar surface area (TPSA) is 70.2 Å². The van der Waals surface area contributed by atoms with Gasteiger partial charge in [0.05, 0.1) is 5.56 Å². The van der Waals surface area contributed by atoms with Crippen LogP contribution in [0.3, 0.4) is 0 Å². The first-order chi connectivity index (χ1) is 13.2. The summed E-state index contributed by atoms with van der Waals surface area (Å²) < 4.78 is 38.3. The second kappa shape index (κ2) is 7.92.